The third kappa shape index (κ3) is 4.40. The highest BCUT2D eigenvalue weighted by molar-refractivity contribution is 5.05. The molecule has 58 valence electrons. The van der Waals surface area contributed by atoms with Crippen LogP contribution in [0.5, 0.6) is 0 Å². The summed E-state index contributed by atoms with van der Waals surface area (Å²) in [7, 11) is 0. The highest BCUT2D eigenvalue weighted by Crippen LogP contribution is 2.26. The van der Waals surface area contributed by atoms with Crippen LogP contribution in [0.15, 0.2) is 0 Å². The largest absolute Gasteiger partial charge is 0.378 e. The van der Waals surface area contributed by atoms with E-state index in [9.17, 15) is 5.11 Å². The van der Waals surface area contributed by atoms with E-state index in [1.165, 1.54) is 0 Å². The van der Waals surface area contributed by atoms with Crippen LogP contribution in [0.2, 0.25) is 0 Å². The molecule has 0 saturated heterocycles. The van der Waals surface area contributed by atoms with Crippen LogP contribution in [-0.2, 0) is 0 Å². The molecule has 0 bridgehead atoms. The standard InChI is InChI=1S/C9H16O/c1-6-9(5,10)7-8(2,3)4/h1,10H,7H2,2-5H3. The maximum Gasteiger partial charge on any atom is 0.122 e. The van der Waals surface area contributed by atoms with Crippen molar-refractivity contribution in [1.82, 2.24) is 0 Å². The summed E-state index contributed by atoms with van der Waals surface area (Å²) in [4.78, 5) is 0. The number of rotatable bonds is 1. The van der Waals surface area contributed by atoms with Gasteiger partial charge in [-0.15, -0.1) is 6.42 Å². The summed E-state index contributed by atoms with van der Waals surface area (Å²) in [5.41, 5.74) is -0.853. The second kappa shape index (κ2) is 2.64. The van der Waals surface area contributed by atoms with Gasteiger partial charge in [0.1, 0.15) is 5.60 Å². The van der Waals surface area contributed by atoms with E-state index in [1.807, 2.05) is 0 Å². The smallest absolute Gasteiger partial charge is 0.122 e. The summed E-state index contributed by atoms with van der Waals surface area (Å²) in [6, 6.07) is 0. The van der Waals surface area contributed by atoms with Gasteiger partial charge in [0.05, 0.1) is 0 Å². The van der Waals surface area contributed by atoms with E-state index in [0.717, 1.165) is 0 Å². The van der Waals surface area contributed by atoms with Gasteiger partial charge in [-0.05, 0) is 18.8 Å². The van der Waals surface area contributed by atoms with Crippen LogP contribution in [0.3, 0.4) is 0 Å². The molecule has 0 amide bonds. The number of hydrogen-bond donors (Lipinski definition) is 1. The first-order valence-electron chi connectivity index (χ1n) is 3.47. The van der Waals surface area contributed by atoms with Crippen LogP contribution in [-0.4, -0.2) is 10.7 Å². The highest BCUT2D eigenvalue weighted by atomic mass is 16.3. The van der Waals surface area contributed by atoms with Crippen molar-refractivity contribution in [2.45, 2.75) is 39.7 Å². The van der Waals surface area contributed by atoms with Gasteiger partial charge in [0.25, 0.3) is 0 Å². The normalized spacial score (nSPS) is 17.6. The van der Waals surface area contributed by atoms with Gasteiger partial charge >= 0.3 is 0 Å². The van der Waals surface area contributed by atoms with Gasteiger partial charge < -0.3 is 5.11 Å². The van der Waals surface area contributed by atoms with E-state index >= 15 is 0 Å². The number of hydrogen-bond acceptors (Lipinski definition) is 1. The summed E-state index contributed by atoms with van der Waals surface area (Å²) >= 11 is 0. The monoisotopic (exact) mass is 140 g/mol. The van der Waals surface area contributed by atoms with E-state index in [0.29, 0.717) is 6.42 Å². The van der Waals surface area contributed by atoms with Crippen LogP contribution < -0.4 is 0 Å². The molecule has 1 unspecified atom stereocenters. The molecule has 0 radical (unpaired) electrons. The lowest BCUT2D eigenvalue weighted by molar-refractivity contribution is 0.0739. The van der Waals surface area contributed by atoms with Crippen LogP contribution in [0.1, 0.15) is 34.1 Å². The Hall–Kier alpha value is -0.480. The SMILES string of the molecule is C#CC(C)(O)CC(C)(C)C. The van der Waals surface area contributed by atoms with E-state index in [-0.39, 0.29) is 5.41 Å². The molecule has 0 fully saturated rings. The Morgan fingerprint density at radius 3 is 1.80 bits per heavy atom. The molecule has 0 aliphatic heterocycles. The summed E-state index contributed by atoms with van der Waals surface area (Å²) in [6.07, 6.45) is 5.75. The zero-order valence-electron chi connectivity index (χ0n) is 7.23. The molecule has 0 heterocycles. The van der Waals surface area contributed by atoms with Gasteiger partial charge in [0.15, 0.2) is 0 Å². The Balaban J connectivity index is 4.05. The molecule has 0 aliphatic carbocycles. The second-order valence-electron chi connectivity index (χ2n) is 4.16. The summed E-state index contributed by atoms with van der Waals surface area (Å²) in [6.45, 7) is 7.83. The van der Waals surface area contributed by atoms with Crippen molar-refractivity contribution in [3.8, 4) is 12.3 Å². The van der Waals surface area contributed by atoms with Crippen LogP contribution in [0.4, 0.5) is 0 Å². The van der Waals surface area contributed by atoms with Gasteiger partial charge in [-0.3, -0.25) is 0 Å². The second-order valence-corrected chi connectivity index (χ2v) is 4.16. The quantitative estimate of drug-likeness (QED) is 0.551. The van der Waals surface area contributed by atoms with E-state index in [4.69, 9.17) is 6.42 Å². The Kier molecular flexibility index (Phi) is 2.51. The molecule has 0 aromatic heterocycles. The molecule has 0 aromatic rings. The molecular formula is C9H16O. The van der Waals surface area contributed by atoms with Crippen molar-refractivity contribution in [1.29, 1.82) is 0 Å². The minimum absolute atomic E-state index is 0.0931. The Bertz CT molecular complexity index is 143. The molecule has 0 rings (SSSR count). The zero-order valence-corrected chi connectivity index (χ0v) is 7.23. The third-order valence-corrected chi connectivity index (χ3v) is 1.19. The fourth-order valence-electron chi connectivity index (χ4n) is 1.08. The van der Waals surface area contributed by atoms with E-state index < -0.39 is 5.60 Å². The summed E-state index contributed by atoms with van der Waals surface area (Å²) in [5, 5.41) is 9.42. The van der Waals surface area contributed by atoms with Gasteiger partial charge in [0.2, 0.25) is 0 Å². The first-order valence-corrected chi connectivity index (χ1v) is 3.47. The molecule has 1 nitrogen and oxygen atoms in total. The molecule has 0 saturated carbocycles. The lowest BCUT2D eigenvalue weighted by Gasteiger charge is -2.26. The van der Waals surface area contributed by atoms with Crippen molar-refractivity contribution >= 4 is 0 Å². The van der Waals surface area contributed by atoms with Crippen molar-refractivity contribution in [3.05, 3.63) is 0 Å². The first kappa shape index (κ1) is 9.52. The van der Waals surface area contributed by atoms with Crippen LogP contribution in [0, 0.1) is 17.8 Å². The van der Waals surface area contributed by atoms with Crippen molar-refractivity contribution in [2.24, 2.45) is 5.41 Å². The minimum atomic E-state index is -0.946. The van der Waals surface area contributed by atoms with Gasteiger partial charge in [-0.1, -0.05) is 26.7 Å². The number of aliphatic hydroxyl groups is 1. The lowest BCUT2D eigenvalue weighted by atomic mass is 9.83. The van der Waals surface area contributed by atoms with Gasteiger partial charge in [-0.2, -0.15) is 0 Å². The van der Waals surface area contributed by atoms with Crippen LogP contribution >= 0.6 is 0 Å². The topological polar surface area (TPSA) is 20.2 Å². The average molecular weight is 140 g/mol. The van der Waals surface area contributed by atoms with Gasteiger partial charge in [0, 0.05) is 0 Å². The third-order valence-electron chi connectivity index (χ3n) is 1.19. The molecule has 0 spiro atoms. The maximum atomic E-state index is 9.42. The number of terminal acetylenes is 1. The summed E-state index contributed by atoms with van der Waals surface area (Å²) < 4.78 is 0. The van der Waals surface area contributed by atoms with Crippen molar-refractivity contribution in [2.75, 3.05) is 0 Å². The Morgan fingerprint density at radius 2 is 1.70 bits per heavy atom. The predicted octanol–water partition coefficient (Wildman–Crippen LogP) is 1.81. The van der Waals surface area contributed by atoms with E-state index in [1.54, 1.807) is 6.92 Å². The lowest BCUT2D eigenvalue weighted by Crippen LogP contribution is -2.28. The summed E-state index contributed by atoms with van der Waals surface area (Å²) in [5.74, 6) is 2.35. The maximum absolute atomic E-state index is 9.42. The highest BCUT2D eigenvalue weighted by Gasteiger charge is 2.24. The molecule has 1 N–H and O–H groups in total. The first-order chi connectivity index (χ1) is 4.27. The van der Waals surface area contributed by atoms with Crippen LogP contribution in [0.25, 0.3) is 0 Å². The van der Waals surface area contributed by atoms with Crippen molar-refractivity contribution in [3.63, 3.8) is 0 Å². The fraction of sp³-hybridized carbons (Fsp3) is 0.778. The molecule has 0 aromatic carbocycles. The molecule has 0 aliphatic rings. The average Bonchev–Trinajstić information content (AvgIpc) is 1.60. The molecule has 1 atom stereocenters. The zero-order chi connectivity index (χ0) is 8.41. The van der Waals surface area contributed by atoms with E-state index in [2.05, 4.69) is 26.7 Å². The molecular weight excluding hydrogens is 124 g/mol. The fourth-order valence-corrected chi connectivity index (χ4v) is 1.08. The molecule has 10 heavy (non-hydrogen) atoms. The Morgan fingerprint density at radius 1 is 1.30 bits per heavy atom. The molecule has 1 heteroatoms. The Labute approximate surface area is 63.5 Å². The van der Waals surface area contributed by atoms with Gasteiger partial charge in [-0.25, -0.2) is 0 Å². The minimum Gasteiger partial charge on any atom is -0.378 e. The van der Waals surface area contributed by atoms with Crippen molar-refractivity contribution < 1.29 is 5.11 Å². The predicted molar refractivity (Wildman–Crippen MR) is 43.5 cm³/mol.